The maximum Gasteiger partial charge on any atom is 0.352 e. The second kappa shape index (κ2) is 11.7. The Labute approximate surface area is 205 Å². The number of hydrogen-bond acceptors (Lipinski definition) is 6. The van der Waals surface area contributed by atoms with Crippen molar-refractivity contribution >= 4 is 35.2 Å². The highest BCUT2D eigenvalue weighted by Crippen LogP contribution is 2.38. The van der Waals surface area contributed by atoms with Crippen molar-refractivity contribution in [3.8, 4) is 11.5 Å². The number of nitrogens with one attached hydrogen (secondary N) is 1. The largest absolute Gasteiger partial charge is 0.490 e. The van der Waals surface area contributed by atoms with Crippen LogP contribution in [0, 0.1) is 10.1 Å². The van der Waals surface area contributed by atoms with Gasteiger partial charge in [-0.2, -0.15) is 0 Å². The first kappa shape index (κ1) is 25.3. The summed E-state index contributed by atoms with van der Waals surface area (Å²) < 4.78 is 11.4. The van der Waals surface area contributed by atoms with Gasteiger partial charge in [0.25, 0.3) is 11.6 Å². The summed E-state index contributed by atoms with van der Waals surface area (Å²) in [7, 11) is 0. The lowest BCUT2D eigenvalue weighted by Gasteiger charge is -2.15. The number of hydrogen-bond donors (Lipinski definition) is 2. The molecule has 0 aliphatic carbocycles. The van der Waals surface area contributed by atoms with Crippen molar-refractivity contribution < 1.29 is 29.1 Å². The van der Waals surface area contributed by atoms with Crippen LogP contribution in [0.15, 0.2) is 72.4 Å². The van der Waals surface area contributed by atoms with Gasteiger partial charge in [-0.15, -0.1) is 0 Å². The van der Waals surface area contributed by atoms with Crippen LogP contribution in [0.3, 0.4) is 0 Å². The van der Waals surface area contributed by atoms with Gasteiger partial charge in [-0.3, -0.25) is 14.9 Å². The number of carbonyl (C=O) groups is 2. The summed E-state index contributed by atoms with van der Waals surface area (Å²) >= 11 is 6.41. The molecule has 3 aromatic carbocycles. The highest BCUT2D eigenvalue weighted by Gasteiger charge is 2.17. The van der Waals surface area contributed by atoms with Gasteiger partial charge in [0.1, 0.15) is 12.3 Å². The third-order valence-corrected chi connectivity index (χ3v) is 4.97. The monoisotopic (exact) mass is 496 g/mol. The molecule has 2 N–H and O–H groups in total. The molecule has 3 aromatic rings. The molecule has 0 spiro atoms. The number of carbonyl (C=O) groups excluding carboxylic acids is 1. The van der Waals surface area contributed by atoms with Crippen molar-refractivity contribution in [3.63, 3.8) is 0 Å². The molecule has 0 aliphatic rings. The first-order valence-corrected chi connectivity index (χ1v) is 10.8. The smallest absolute Gasteiger partial charge is 0.352 e. The summed E-state index contributed by atoms with van der Waals surface area (Å²) in [6, 6.07) is 17.1. The van der Waals surface area contributed by atoms with Crippen LogP contribution in [0.25, 0.3) is 6.08 Å². The minimum absolute atomic E-state index is 0.0356. The third kappa shape index (κ3) is 6.81. The minimum atomic E-state index is -1.33. The molecule has 0 saturated heterocycles. The number of ether oxygens (including phenoxy) is 2. The summed E-state index contributed by atoms with van der Waals surface area (Å²) in [6.45, 7) is 2.12. The fourth-order valence-electron chi connectivity index (χ4n) is 3.05. The Morgan fingerprint density at radius 2 is 1.77 bits per heavy atom. The van der Waals surface area contributed by atoms with Gasteiger partial charge in [0.15, 0.2) is 11.5 Å². The first-order valence-electron chi connectivity index (χ1n) is 10.4. The fourth-order valence-corrected chi connectivity index (χ4v) is 3.32. The molecule has 0 atom stereocenters. The molecule has 0 unspecified atom stereocenters. The SMILES string of the molecule is CCOc1cc(/C=C(/NC(=O)c2ccccc2)C(=O)O)cc(Cl)c1OCc1ccc([N+](=O)[O-])cc1. The predicted octanol–water partition coefficient (Wildman–Crippen LogP) is 5.08. The van der Waals surface area contributed by atoms with E-state index in [1.807, 2.05) is 0 Å². The number of non-ortho nitro benzene ring substituents is 1. The lowest BCUT2D eigenvalue weighted by atomic mass is 10.1. The number of aliphatic carboxylic acids is 1. The Morgan fingerprint density at radius 1 is 1.09 bits per heavy atom. The molecule has 0 fully saturated rings. The van der Waals surface area contributed by atoms with Gasteiger partial charge in [-0.1, -0.05) is 29.8 Å². The summed E-state index contributed by atoms with van der Waals surface area (Å²) in [5, 5.41) is 22.9. The van der Waals surface area contributed by atoms with E-state index >= 15 is 0 Å². The lowest BCUT2D eigenvalue weighted by Crippen LogP contribution is -2.27. The van der Waals surface area contributed by atoms with Crippen molar-refractivity contribution in [2.75, 3.05) is 6.61 Å². The standard InChI is InChI=1S/C25H21ClN2O7/c1-2-34-22-14-17(13-21(25(30)31)27-24(29)18-6-4-3-5-7-18)12-20(26)23(22)35-15-16-8-10-19(11-9-16)28(32)33/h3-14H,2,15H2,1H3,(H,27,29)(H,30,31)/b21-13+. The normalized spacial score (nSPS) is 11.0. The van der Waals surface area contributed by atoms with Gasteiger partial charge in [0.2, 0.25) is 0 Å². The van der Waals surface area contributed by atoms with E-state index in [4.69, 9.17) is 21.1 Å². The second-order valence-electron chi connectivity index (χ2n) is 7.16. The number of halogens is 1. The van der Waals surface area contributed by atoms with Crippen LogP contribution in [0.1, 0.15) is 28.4 Å². The quantitative estimate of drug-likeness (QED) is 0.227. The van der Waals surface area contributed by atoms with Gasteiger partial charge < -0.3 is 19.9 Å². The van der Waals surface area contributed by atoms with Crippen molar-refractivity contribution in [1.82, 2.24) is 5.32 Å². The zero-order chi connectivity index (χ0) is 25.4. The number of nitrogens with zero attached hydrogens (tertiary/aromatic N) is 1. The minimum Gasteiger partial charge on any atom is -0.490 e. The molecule has 0 aliphatic heterocycles. The van der Waals surface area contributed by atoms with Crippen molar-refractivity contribution in [2.24, 2.45) is 0 Å². The van der Waals surface area contributed by atoms with Crippen LogP contribution < -0.4 is 14.8 Å². The third-order valence-electron chi connectivity index (χ3n) is 4.69. The molecule has 0 radical (unpaired) electrons. The highest BCUT2D eigenvalue weighted by molar-refractivity contribution is 6.32. The van der Waals surface area contributed by atoms with Crippen LogP contribution in [0.2, 0.25) is 5.02 Å². The number of amides is 1. The van der Waals surface area contributed by atoms with E-state index in [9.17, 15) is 24.8 Å². The Bertz CT molecular complexity index is 1260. The van der Waals surface area contributed by atoms with Crippen LogP contribution in [0.5, 0.6) is 11.5 Å². The van der Waals surface area contributed by atoms with Gasteiger partial charge in [-0.25, -0.2) is 4.79 Å². The summed E-state index contributed by atoms with van der Waals surface area (Å²) in [5.74, 6) is -1.40. The number of carboxylic acid groups (broad SMARTS) is 1. The maximum atomic E-state index is 12.4. The Hall–Kier alpha value is -4.37. The van der Waals surface area contributed by atoms with E-state index in [0.29, 0.717) is 16.7 Å². The Kier molecular flexibility index (Phi) is 8.42. The molecule has 0 bridgehead atoms. The Balaban J connectivity index is 1.84. The summed E-state index contributed by atoms with van der Waals surface area (Å²) in [4.78, 5) is 34.5. The fraction of sp³-hybridized carbons (Fsp3) is 0.120. The van der Waals surface area contributed by atoms with Crippen molar-refractivity contribution in [2.45, 2.75) is 13.5 Å². The zero-order valence-electron chi connectivity index (χ0n) is 18.6. The van der Waals surface area contributed by atoms with E-state index < -0.39 is 16.8 Å². The van der Waals surface area contributed by atoms with Gasteiger partial charge >= 0.3 is 5.97 Å². The average molecular weight is 497 g/mol. The van der Waals surface area contributed by atoms with Crippen LogP contribution >= 0.6 is 11.6 Å². The highest BCUT2D eigenvalue weighted by atomic mass is 35.5. The molecule has 3 rings (SSSR count). The van der Waals surface area contributed by atoms with E-state index in [1.165, 1.54) is 30.3 Å². The molecule has 1 amide bonds. The van der Waals surface area contributed by atoms with Crippen LogP contribution in [-0.2, 0) is 11.4 Å². The molecule has 35 heavy (non-hydrogen) atoms. The number of nitro groups is 1. The lowest BCUT2D eigenvalue weighted by molar-refractivity contribution is -0.384. The van der Waals surface area contributed by atoms with Gasteiger partial charge in [0.05, 0.1) is 16.6 Å². The van der Waals surface area contributed by atoms with E-state index in [0.717, 1.165) is 0 Å². The molecule has 0 saturated carbocycles. The molecule has 0 heterocycles. The van der Waals surface area contributed by atoms with Crippen LogP contribution in [0.4, 0.5) is 5.69 Å². The van der Waals surface area contributed by atoms with Gasteiger partial charge in [0, 0.05) is 17.7 Å². The van der Waals surface area contributed by atoms with E-state index in [-0.39, 0.29) is 41.1 Å². The predicted molar refractivity (Wildman–Crippen MR) is 130 cm³/mol. The van der Waals surface area contributed by atoms with E-state index in [1.54, 1.807) is 49.4 Å². The molecular weight excluding hydrogens is 476 g/mol. The maximum absolute atomic E-state index is 12.4. The first-order chi connectivity index (χ1) is 16.8. The molecule has 10 heteroatoms. The number of nitro benzene ring substituents is 1. The number of carboxylic acids is 1. The molecule has 0 aromatic heterocycles. The van der Waals surface area contributed by atoms with Crippen LogP contribution in [-0.4, -0.2) is 28.5 Å². The molecule has 180 valence electrons. The second-order valence-corrected chi connectivity index (χ2v) is 7.57. The molecular formula is C25H21ClN2O7. The topological polar surface area (TPSA) is 128 Å². The number of rotatable bonds is 10. The summed E-state index contributed by atoms with van der Waals surface area (Å²) in [5.41, 5.74) is 0.966. The average Bonchev–Trinajstić information content (AvgIpc) is 2.84. The van der Waals surface area contributed by atoms with Crippen molar-refractivity contribution in [1.29, 1.82) is 0 Å². The number of benzene rings is 3. The summed E-state index contributed by atoms with van der Waals surface area (Å²) in [6.07, 6.45) is 1.26. The van der Waals surface area contributed by atoms with Crippen molar-refractivity contribution in [3.05, 3.63) is 104 Å². The molecule has 9 nitrogen and oxygen atoms in total. The van der Waals surface area contributed by atoms with Gasteiger partial charge in [-0.05, 0) is 60.5 Å². The van der Waals surface area contributed by atoms with E-state index in [2.05, 4.69) is 5.32 Å². The Morgan fingerprint density at radius 3 is 2.37 bits per heavy atom. The zero-order valence-corrected chi connectivity index (χ0v) is 19.3.